The first kappa shape index (κ1) is 17.2. The van der Waals surface area contributed by atoms with E-state index >= 15 is 0 Å². The summed E-state index contributed by atoms with van der Waals surface area (Å²) < 4.78 is 5.50. The van der Waals surface area contributed by atoms with Crippen LogP contribution in [0.1, 0.15) is 35.7 Å². The minimum absolute atomic E-state index is 0.108. The summed E-state index contributed by atoms with van der Waals surface area (Å²) in [5, 5.41) is 11.0. The molecule has 0 spiro atoms. The van der Waals surface area contributed by atoms with E-state index in [1.807, 2.05) is 42.5 Å². The number of anilines is 1. The molecule has 2 aromatic carbocycles. The predicted molar refractivity (Wildman–Crippen MR) is 98.9 cm³/mol. The second-order valence-electron chi connectivity index (χ2n) is 5.81. The van der Waals surface area contributed by atoms with E-state index < -0.39 is 0 Å². The molecule has 1 aromatic heterocycles. The molecule has 0 fully saturated rings. The summed E-state index contributed by atoms with van der Waals surface area (Å²) in [6.45, 7) is 4.27. The number of amides is 1. The Morgan fingerprint density at radius 3 is 2.48 bits per heavy atom. The zero-order valence-electron chi connectivity index (χ0n) is 14.1. The van der Waals surface area contributed by atoms with E-state index in [1.54, 1.807) is 23.9 Å². The lowest BCUT2D eigenvalue weighted by atomic mass is 10.2. The molecule has 3 rings (SSSR count). The number of nitrogens with zero attached hydrogens (tertiary/aromatic N) is 2. The number of nitrogens with one attached hydrogen (secondary N) is 1. The highest BCUT2D eigenvalue weighted by molar-refractivity contribution is 7.99. The third-order valence-electron chi connectivity index (χ3n) is 3.37. The number of aromatic nitrogens is 2. The third-order valence-corrected chi connectivity index (χ3v) is 4.39. The van der Waals surface area contributed by atoms with Gasteiger partial charge in [0.25, 0.3) is 5.91 Å². The Kier molecular flexibility index (Phi) is 5.50. The maximum absolute atomic E-state index is 12.3. The maximum atomic E-state index is 12.3. The normalized spacial score (nSPS) is 10.8. The van der Waals surface area contributed by atoms with Gasteiger partial charge in [0.05, 0.1) is 6.42 Å². The van der Waals surface area contributed by atoms with Gasteiger partial charge >= 0.3 is 6.01 Å². The van der Waals surface area contributed by atoms with E-state index in [0.29, 0.717) is 23.1 Å². The van der Waals surface area contributed by atoms with Gasteiger partial charge in [0.1, 0.15) is 0 Å². The van der Waals surface area contributed by atoms with Gasteiger partial charge in [-0.2, -0.15) is 0 Å². The third kappa shape index (κ3) is 4.93. The second kappa shape index (κ2) is 7.98. The smallest absolute Gasteiger partial charge is 0.322 e. The fourth-order valence-electron chi connectivity index (χ4n) is 2.27. The van der Waals surface area contributed by atoms with Crippen LogP contribution >= 0.6 is 11.8 Å². The minimum Gasteiger partial charge on any atom is -0.407 e. The standard InChI is InChI=1S/C19H19N3O2S/c1-13(2)25-16-10-8-15(9-11-16)18(23)20-19-22-21-17(24-19)12-14-6-4-3-5-7-14/h3-11,13H,12H2,1-2H3,(H,20,22,23). The molecule has 128 valence electrons. The molecule has 1 heterocycles. The first-order valence-electron chi connectivity index (χ1n) is 8.04. The fourth-order valence-corrected chi connectivity index (χ4v) is 3.11. The van der Waals surface area contributed by atoms with Crippen molar-refractivity contribution in [3.8, 4) is 0 Å². The number of carbonyl (C=O) groups excluding carboxylic acids is 1. The van der Waals surface area contributed by atoms with Crippen molar-refractivity contribution in [2.24, 2.45) is 0 Å². The molecule has 0 saturated heterocycles. The van der Waals surface area contributed by atoms with Gasteiger partial charge in [-0.3, -0.25) is 10.1 Å². The van der Waals surface area contributed by atoms with E-state index in [1.165, 1.54) is 0 Å². The molecule has 0 aliphatic rings. The molecule has 0 radical (unpaired) electrons. The van der Waals surface area contributed by atoms with Crippen molar-refractivity contribution in [3.63, 3.8) is 0 Å². The molecule has 0 saturated carbocycles. The van der Waals surface area contributed by atoms with E-state index in [9.17, 15) is 4.79 Å². The zero-order valence-corrected chi connectivity index (χ0v) is 14.9. The summed E-state index contributed by atoms with van der Waals surface area (Å²) >= 11 is 1.75. The van der Waals surface area contributed by atoms with Crippen LogP contribution in [0.3, 0.4) is 0 Å². The molecule has 3 aromatic rings. The average molecular weight is 353 g/mol. The number of rotatable bonds is 6. The van der Waals surface area contributed by atoms with E-state index in [-0.39, 0.29) is 11.9 Å². The Morgan fingerprint density at radius 2 is 1.80 bits per heavy atom. The molecule has 0 aliphatic heterocycles. The van der Waals surface area contributed by atoms with Crippen LogP contribution in [0.5, 0.6) is 0 Å². The van der Waals surface area contributed by atoms with Crippen LogP contribution in [-0.4, -0.2) is 21.4 Å². The highest BCUT2D eigenvalue weighted by atomic mass is 32.2. The van der Waals surface area contributed by atoms with Gasteiger partial charge in [-0.25, -0.2) is 0 Å². The zero-order chi connectivity index (χ0) is 17.6. The summed E-state index contributed by atoms with van der Waals surface area (Å²) in [6, 6.07) is 17.4. The molecule has 5 nitrogen and oxygen atoms in total. The van der Waals surface area contributed by atoms with Crippen LogP contribution in [-0.2, 0) is 6.42 Å². The average Bonchev–Trinajstić information content (AvgIpc) is 3.02. The number of thioether (sulfide) groups is 1. The van der Waals surface area contributed by atoms with Crippen LogP contribution in [0, 0.1) is 0 Å². The Balaban J connectivity index is 1.61. The Hall–Kier alpha value is -2.60. The molecule has 0 bridgehead atoms. The van der Waals surface area contributed by atoms with Crippen molar-refractivity contribution in [1.82, 2.24) is 10.2 Å². The SMILES string of the molecule is CC(C)Sc1ccc(C(=O)Nc2nnc(Cc3ccccc3)o2)cc1. The van der Waals surface area contributed by atoms with E-state index in [0.717, 1.165) is 10.5 Å². The molecular weight excluding hydrogens is 334 g/mol. The summed E-state index contributed by atoms with van der Waals surface area (Å²) in [5.74, 6) is 0.196. The Labute approximate surface area is 150 Å². The lowest BCUT2D eigenvalue weighted by Gasteiger charge is -2.05. The van der Waals surface area contributed by atoms with Crippen molar-refractivity contribution < 1.29 is 9.21 Å². The first-order chi connectivity index (χ1) is 12.1. The second-order valence-corrected chi connectivity index (χ2v) is 7.46. The molecule has 1 N–H and O–H groups in total. The maximum Gasteiger partial charge on any atom is 0.322 e. The van der Waals surface area contributed by atoms with Crippen LogP contribution in [0.4, 0.5) is 6.01 Å². The van der Waals surface area contributed by atoms with Gasteiger partial charge in [-0.15, -0.1) is 16.9 Å². The quantitative estimate of drug-likeness (QED) is 0.665. The van der Waals surface area contributed by atoms with Gasteiger partial charge in [-0.05, 0) is 29.8 Å². The summed E-state index contributed by atoms with van der Waals surface area (Å²) in [5.41, 5.74) is 1.62. The van der Waals surface area contributed by atoms with Crippen LogP contribution in [0.25, 0.3) is 0 Å². The molecule has 1 amide bonds. The van der Waals surface area contributed by atoms with Crippen LogP contribution in [0.2, 0.25) is 0 Å². The lowest BCUT2D eigenvalue weighted by molar-refractivity contribution is 0.102. The largest absolute Gasteiger partial charge is 0.407 e. The van der Waals surface area contributed by atoms with Gasteiger partial charge < -0.3 is 4.42 Å². The van der Waals surface area contributed by atoms with Gasteiger partial charge in [0, 0.05) is 15.7 Å². The number of benzene rings is 2. The Bertz CT molecular complexity index is 829. The van der Waals surface area contributed by atoms with E-state index in [2.05, 4.69) is 29.4 Å². The predicted octanol–water partition coefficient (Wildman–Crippen LogP) is 4.41. The molecule has 0 aliphatic carbocycles. The van der Waals surface area contributed by atoms with Gasteiger partial charge in [-0.1, -0.05) is 49.3 Å². The van der Waals surface area contributed by atoms with Gasteiger partial charge in [0.15, 0.2) is 0 Å². The minimum atomic E-state index is -0.268. The number of hydrogen-bond donors (Lipinski definition) is 1. The molecule has 25 heavy (non-hydrogen) atoms. The lowest BCUT2D eigenvalue weighted by Crippen LogP contribution is -2.12. The molecule has 0 atom stereocenters. The number of hydrogen-bond acceptors (Lipinski definition) is 5. The molecular formula is C19H19N3O2S. The van der Waals surface area contributed by atoms with Crippen molar-refractivity contribution in [2.45, 2.75) is 30.4 Å². The highest BCUT2D eigenvalue weighted by Crippen LogP contribution is 2.23. The van der Waals surface area contributed by atoms with Crippen LogP contribution in [0.15, 0.2) is 63.9 Å². The number of carbonyl (C=O) groups is 1. The monoisotopic (exact) mass is 353 g/mol. The van der Waals surface area contributed by atoms with Crippen LogP contribution < -0.4 is 5.32 Å². The summed E-state index contributed by atoms with van der Waals surface area (Å²) in [6.07, 6.45) is 0.533. The van der Waals surface area contributed by atoms with Crippen molar-refractivity contribution in [2.75, 3.05) is 5.32 Å². The molecule has 0 unspecified atom stereocenters. The molecule has 6 heteroatoms. The highest BCUT2D eigenvalue weighted by Gasteiger charge is 2.12. The summed E-state index contributed by atoms with van der Waals surface area (Å²) in [7, 11) is 0. The van der Waals surface area contributed by atoms with Gasteiger partial charge in [0.2, 0.25) is 5.89 Å². The Morgan fingerprint density at radius 1 is 1.08 bits per heavy atom. The topological polar surface area (TPSA) is 68.0 Å². The summed E-state index contributed by atoms with van der Waals surface area (Å²) in [4.78, 5) is 13.4. The van der Waals surface area contributed by atoms with Crippen molar-refractivity contribution >= 4 is 23.7 Å². The van der Waals surface area contributed by atoms with Crippen molar-refractivity contribution in [1.29, 1.82) is 0 Å². The first-order valence-corrected chi connectivity index (χ1v) is 8.92. The fraction of sp³-hybridized carbons (Fsp3) is 0.211. The van der Waals surface area contributed by atoms with E-state index in [4.69, 9.17) is 4.42 Å². The van der Waals surface area contributed by atoms with Crippen molar-refractivity contribution in [3.05, 3.63) is 71.6 Å².